The van der Waals surface area contributed by atoms with Gasteiger partial charge < -0.3 is 5.32 Å². The van der Waals surface area contributed by atoms with E-state index < -0.39 is 0 Å². The molecular formula is C15H14Br2FN. The van der Waals surface area contributed by atoms with Crippen LogP contribution in [0.1, 0.15) is 22.7 Å². The van der Waals surface area contributed by atoms with E-state index in [1.54, 1.807) is 6.07 Å². The Morgan fingerprint density at radius 1 is 1.00 bits per heavy atom. The van der Waals surface area contributed by atoms with Crippen LogP contribution in [0.15, 0.2) is 45.3 Å². The zero-order chi connectivity index (χ0) is 14.0. The van der Waals surface area contributed by atoms with Gasteiger partial charge in [-0.3, -0.25) is 0 Å². The van der Waals surface area contributed by atoms with Crippen molar-refractivity contribution in [3.63, 3.8) is 0 Å². The molecule has 0 radical (unpaired) electrons. The molecule has 2 aromatic rings. The third-order valence-electron chi connectivity index (χ3n) is 3.08. The molecule has 2 rings (SSSR count). The molecule has 1 nitrogen and oxygen atoms in total. The van der Waals surface area contributed by atoms with Gasteiger partial charge in [0, 0.05) is 4.47 Å². The zero-order valence-corrected chi connectivity index (χ0v) is 13.8. The predicted octanol–water partition coefficient (Wildman–Crippen LogP) is 4.97. The molecule has 1 atom stereocenters. The average Bonchev–Trinajstić information content (AvgIpc) is 2.39. The van der Waals surface area contributed by atoms with Crippen LogP contribution in [0.4, 0.5) is 4.39 Å². The molecule has 0 bridgehead atoms. The Morgan fingerprint density at radius 2 is 1.63 bits per heavy atom. The van der Waals surface area contributed by atoms with E-state index in [2.05, 4.69) is 56.2 Å². The van der Waals surface area contributed by atoms with Gasteiger partial charge in [0.05, 0.1) is 10.5 Å². The lowest BCUT2D eigenvalue weighted by Crippen LogP contribution is -2.17. The number of hydrogen-bond acceptors (Lipinski definition) is 1. The van der Waals surface area contributed by atoms with Gasteiger partial charge in [0.1, 0.15) is 5.82 Å². The summed E-state index contributed by atoms with van der Waals surface area (Å²) in [5.74, 6) is -0.245. The molecule has 0 aromatic heterocycles. The SMILES string of the molecule is CNC(c1ccc(Br)c(C)c1)c1ccc(F)c(Br)c1. The number of benzene rings is 2. The zero-order valence-electron chi connectivity index (χ0n) is 10.7. The quantitative estimate of drug-likeness (QED) is 0.785. The third kappa shape index (κ3) is 3.25. The summed E-state index contributed by atoms with van der Waals surface area (Å²) in [4.78, 5) is 0. The largest absolute Gasteiger partial charge is 0.309 e. The molecule has 0 aliphatic heterocycles. The molecule has 0 saturated heterocycles. The molecule has 0 amide bonds. The van der Waals surface area contributed by atoms with Crippen molar-refractivity contribution in [1.82, 2.24) is 5.32 Å². The van der Waals surface area contributed by atoms with Crippen LogP contribution in [0.2, 0.25) is 0 Å². The minimum atomic E-state index is -0.245. The summed E-state index contributed by atoms with van der Waals surface area (Å²) >= 11 is 6.73. The van der Waals surface area contributed by atoms with Crippen molar-refractivity contribution in [1.29, 1.82) is 0 Å². The first-order chi connectivity index (χ1) is 9.02. The fourth-order valence-corrected chi connectivity index (χ4v) is 2.71. The highest BCUT2D eigenvalue weighted by atomic mass is 79.9. The van der Waals surface area contributed by atoms with Gasteiger partial charge in [-0.2, -0.15) is 0 Å². The number of aryl methyl sites for hydroxylation is 1. The van der Waals surface area contributed by atoms with Crippen LogP contribution in [-0.2, 0) is 0 Å². The maximum absolute atomic E-state index is 13.3. The lowest BCUT2D eigenvalue weighted by Gasteiger charge is -2.18. The minimum absolute atomic E-state index is 0.0451. The number of hydrogen-bond donors (Lipinski definition) is 1. The van der Waals surface area contributed by atoms with E-state index in [1.165, 1.54) is 11.6 Å². The van der Waals surface area contributed by atoms with E-state index in [9.17, 15) is 4.39 Å². The molecule has 19 heavy (non-hydrogen) atoms. The second kappa shape index (κ2) is 6.16. The van der Waals surface area contributed by atoms with Crippen LogP contribution in [0.25, 0.3) is 0 Å². The standard InChI is InChI=1S/C15H14Br2FN/c1-9-7-10(3-5-12(9)16)15(19-2)11-4-6-14(18)13(17)8-11/h3-8,15,19H,1-2H3. The van der Waals surface area contributed by atoms with Crippen molar-refractivity contribution in [2.75, 3.05) is 7.05 Å². The summed E-state index contributed by atoms with van der Waals surface area (Å²) in [6.07, 6.45) is 0. The van der Waals surface area contributed by atoms with Gasteiger partial charge >= 0.3 is 0 Å². The Morgan fingerprint density at radius 3 is 2.21 bits per heavy atom. The number of nitrogens with one attached hydrogen (secondary N) is 1. The lowest BCUT2D eigenvalue weighted by molar-refractivity contribution is 0.616. The van der Waals surface area contributed by atoms with Crippen molar-refractivity contribution in [2.45, 2.75) is 13.0 Å². The third-order valence-corrected chi connectivity index (χ3v) is 4.58. The Balaban J connectivity index is 2.43. The molecule has 100 valence electrons. The molecule has 0 fully saturated rings. The van der Waals surface area contributed by atoms with E-state index in [0.717, 1.165) is 15.6 Å². The van der Waals surface area contributed by atoms with Crippen LogP contribution in [0.3, 0.4) is 0 Å². The van der Waals surface area contributed by atoms with E-state index in [1.807, 2.05) is 19.2 Å². The molecule has 0 saturated carbocycles. The van der Waals surface area contributed by atoms with Gasteiger partial charge in [0.25, 0.3) is 0 Å². The minimum Gasteiger partial charge on any atom is -0.309 e. The summed E-state index contributed by atoms with van der Waals surface area (Å²) in [5, 5.41) is 3.27. The first kappa shape index (κ1) is 14.7. The monoisotopic (exact) mass is 385 g/mol. The predicted molar refractivity (Wildman–Crippen MR) is 83.9 cm³/mol. The Hall–Kier alpha value is -0.710. The number of rotatable bonds is 3. The second-order valence-electron chi connectivity index (χ2n) is 4.40. The molecule has 0 heterocycles. The molecule has 0 aliphatic carbocycles. The van der Waals surface area contributed by atoms with Crippen LogP contribution in [0, 0.1) is 12.7 Å². The Bertz CT molecular complexity index is 547. The Kier molecular flexibility index (Phi) is 4.76. The molecule has 1 unspecified atom stereocenters. The molecule has 4 heteroatoms. The molecule has 0 aliphatic rings. The van der Waals surface area contributed by atoms with Gasteiger partial charge in [0.2, 0.25) is 0 Å². The summed E-state index contributed by atoms with van der Waals surface area (Å²) in [6.45, 7) is 2.06. The molecule has 2 aromatic carbocycles. The Labute approximate surface area is 129 Å². The topological polar surface area (TPSA) is 12.0 Å². The number of halogens is 3. The van der Waals surface area contributed by atoms with Crippen LogP contribution in [0.5, 0.6) is 0 Å². The van der Waals surface area contributed by atoms with Crippen molar-refractivity contribution >= 4 is 31.9 Å². The first-order valence-electron chi connectivity index (χ1n) is 5.91. The summed E-state index contributed by atoms with van der Waals surface area (Å²) in [5.41, 5.74) is 3.36. The van der Waals surface area contributed by atoms with Gasteiger partial charge in [0.15, 0.2) is 0 Å². The van der Waals surface area contributed by atoms with Gasteiger partial charge in [-0.1, -0.05) is 34.1 Å². The van der Waals surface area contributed by atoms with Gasteiger partial charge in [-0.05, 0) is 64.8 Å². The van der Waals surface area contributed by atoms with E-state index in [4.69, 9.17) is 0 Å². The van der Waals surface area contributed by atoms with Crippen molar-refractivity contribution in [3.05, 3.63) is 67.9 Å². The first-order valence-corrected chi connectivity index (χ1v) is 7.50. The average molecular weight is 387 g/mol. The summed E-state index contributed by atoms with van der Waals surface area (Å²) in [7, 11) is 1.90. The highest BCUT2D eigenvalue weighted by Gasteiger charge is 2.14. The lowest BCUT2D eigenvalue weighted by atomic mass is 9.97. The maximum atomic E-state index is 13.3. The van der Waals surface area contributed by atoms with E-state index >= 15 is 0 Å². The normalized spacial score (nSPS) is 12.5. The molecular weight excluding hydrogens is 373 g/mol. The smallest absolute Gasteiger partial charge is 0.137 e. The summed E-state index contributed by atoms with van der Waals surface area (Å²) < 4.78 is 14.9. The fraction of sp³-hybridized carbons (Fsp3) is 0.200. The van der Waals surface area contributed by atoms with Gasteiger partial charge in [-0.25, -0.2) is 4.39 Å². The van der Waals surface area contributed by atoms with E-state index in [0.29, 0.717) is 4.47 Å². The van der Waals surface area contributed by atoms with Crippen molar-refractivity contribution in [3.8, 4) is 0 Å². The van der Waals surface area contributed by atoms with Crippen molar-refractivity contribution < 1.29 is 4.39 Å². The fourth-order valence-electron chi connectivity index (χ4n) is 2.07. The van der Waals surface area contributed by atoms with Crippen LogP contribution >= 0.6 is 31.9 Å². The molecule has 0 spiro atoms. The van der Waals surface area contributed by atoms with Crippen LogP contribution < -0.4 is 5.32 Å². The maximum Gasteiger partial charge on any atom is 0.137 e. The molecule has 1 N–H and O–H groups in total. The highest BCUT2D eigenvalue weighted by molar-refractivity contribution is 9.10. The van der Waals surface area contributed by atoms with Gasteiger partial charge in [-0.15, -0.1) is 0 Å². The second-order valence-corrected chi connectivity index (χ2v) is 6.11. The van der Waals surface area contributed by atoms with Crippen LogP contribution in [-0.4, -0.2) is 7.05 Å². The van der Waals surface area contributed by atoms with E-state index in [-0.39, 0.29) is 11.9 Å². The highest BCUT2D eigenvalue weighted by Crippen LogP contribution is 2.28. The summed E-state index contributed by atoms with van der Waals surface area (Å²) in [6, 6.07) is 11.4. The van der Waals surface area contributed by atoms with Crippen molar-refractivity contribution in [2.24, 2.45) is 0 Å².